The van der Waals surface area contributed by atoms with Gasteiger partial charge in [0.15, 0.2) is 0 Å². The van der Waals surface area contributed by atoms with Gasteiger partial charge in [0.2, 0.25) is 0 Å². The molecule has 0 bridgehead atoms. The Morgan fingerprint density at radius 3 is 2.58 bits per heavy atom. The minimum Gasteiger partial charge on any atom is -0.506 e. The van der Waals surface area contributed by atoms with Crippen molar-refractivity contribution in [3.63, 3.8) is 0 Å². The van der Waals surface area contributed by atoms with E-state index in [1.165, 1.54) is 11.6 Å². The highest BCUT2D eigenvalue weighted by Crippen LogP contribution is 2.38. The van der Waals surface area contributed by atoms with Crippen LogP contribution in [0.2, 0.25) is 0 Å². The van der Waals surface area contributed by atoms with Crippen molar-refractivity contribution in [2.24, 2.45) is 0 Å². The van der Waals surface area contributed by atoms with Crippen molar-refractivity contribution in [2.75, 3.05) is 5.32 Å². The number of hydrogen-bond donors (Lipinski definition) is 4. The molecule has 2 rings (SSSR count). The van der Waals surface area contributed by atoms with Crippen LogP contribution in [0.15, 0.2) is 57.5 Å². The summed E-state index contributed by atoms with van der Waals surface area (Å²) in [7, 11) is 0. The van der Waals surface area contributed by atoms with E-state index in [1.807, 2.05) is 6.07 Å². The molecule has 0 saturated heterocycles. The first-order valence-electron chi connectivity index (χ1n) is 9.10. The molecule has 4 N–H and O–H groups in total. The molecule has 0 aliphatic carbocycles. The Balaban J connectivity index is 2.13. The maximum Gasteiger partial charge on any atom is 0.412 e. The zero-order chi connectivity index (χ0) is 22.8. The summed E-state index contributed by atoms with van der Waals surface area (Å²) in [6.07, 6.45) is 2.67. The summed E-state index contributed by atoms with van der Waals surface area (Å²) in [6.45, 7) is 0. The van der Waals surface area contributed by atoms with Crippen LogP contribution in [0, 0.1) is 11.3 Å². The fraction of sp³-hybridized carbons (Fsp3) is 0.190. The van der Waals surface area contributed by atoms with Gasteiger partial charge < -0.3 is 9.84 Å². The fourth-order valence-corrected chi connectivity index (χ4v) is 3.92. The number of carbonyl (C=O) groups excluding carboxylic acids is 2. The first kappa shape index (κ1) is 24.4. The summed E-state index contributed by atoms with van der Waals surface area (Å²) in [5.41, 5.74) is 2.83. The number of phenols is 1. The number of benzene rings is 2. The summed E-state index contributed by atoms with van der Waals surface area (Å²) < 4.78 is 6.71. The van der Waals surface area contributed by atoms with Crippen LogP contribution in [-0.4, -0.2) is 22.3 Å². The molecule has 31 heavy (non-hydrogen) atoms. The average molecular weight is 553 g/mol. The van der Waals surface area contributed by atoms with Crippen LogP contribution >= 0.6 is 31.9 Å². The average Bonchev–Trinajstić information content (AvgIpc) is 2.75. The number of amides is 2. The number of hydrogen-bond acceptors (Lipinski definition) is 6. The van der Waals surface area contributed by atoms with Crippen molar-refractivity contribution in [3.8, 4) is 11.8 Å². The molecule has 8 nitrogen and oxygen atoms in total. The maximum atomic E-state index is 12.5. The number of ether oxygens (including phenoxy) is 1. The standard InChI is InChI=1S/C21H19Br2N3O5/c22-14-10-16(20(28)17(23)11-14)18(4-2-1-3-5-19(27)26-30)31-21(29)25-15-8-6-13(12-24)7-9-15/h3,5-11,18,28,30H,1-2,4H2,(H,25,29)(H,26,27)/b5-3+/t18-/m1/s1. The molecule has 0 unspecified atom stereocenters. The normalized spacial score (nSPS) is 11.5. The third-order valence-corrected chi connectivity index (χ3v) is 5.19. The SMILES string of the molecule is N#Cc1ccc(NC(=O)O[C@H](CCC/C=C/C(=O)NO)c2cc(Br)cc(Br)c2O)cc1. The number of phenolic OH excluding ortho intramolecular Hbond substituents is 1. The molecule has 2 amide bonds. The Hall–Kier alpha value is -2.87. The molecule has 2 aromatic rings. The number of nitrogens with one attached hydrogen (secondary N) is 2. The van der Waals surface area contributed by atoms with Gasteiger partial charge >= 0.3 is 6.09 Å². The molecule has 0 radical (unpaired) electrons. The Morgan fingerprint density at radius 1 is 1.23 bits per heavy atom. The molecule has 10 heteroatoms. The van der Waals surface area contributed by atoms with Crippen molar-refractivity contribution in [2.45, 2.75) is 25.4 Å². The molecule has 0 heterocycles. The van der Waals surface area contributed by atoms with Gasteiger partial charge in [-0.15, -0.1) is 0 Å². The van der Waals surface area contributed by atoms with Crippen molar-refractivity contribution in [1.82, 2.24) is 5.48 Å². The number of unbranched alkanes of at least 4 members (excludes halogenated alkanes) is 1. The monoisotopic (exact) mass is 551 g/mol. The van der Waals surface area contributed by atoms with Crippen LogP contribution in [0.3, 0.4) is 0 Å². The molecule has 0 saturated carbocycles. The number of halogens is 2. The van der Waals surface area contributed by atoms with E-state index in [2.05, 4.69) is 37.2 Å². The topological polar surface area (TPSA) is 132 Å². The van der Waals surface area contributed by atoms with Crippen molar-refractivity contribution >= 4 is 49.5 Å². The molecule has 0 aromatic heterocycles. The van der Waals surface area contributed by atoms with Gasteiger partial charge in [-0.1, -0.05) is 22.0 Å². The lowest BCUT2D eigenvalue weighted by atomic mass is 10.0. The molecule has 0 aliphatic rings. The van der Waals surface area contributed by atoms with E-state index in [0.717, 1.165) is 0 Å². The number of nitriles is 1. The van der Waals surface area contributed by atoms with Gasteiger partial charge in [-0.25, -0.2) is 10.3 Å². The van der Waals surface area contributed by atoms with Crippen LogP contribution in [0.5, 0.6) is 5.75 Å². The predicted molar refractivity (Wildman–Crippen MR) is 120 cm³/mol. The number of nitrogens with zero attached hydrogens (tertiary/aromatic N) is 1. The van der Waals surface area contributed by atoms with Crippen LogP contribution in [0.4, 0.5) is 10.5 Å². The van der Waals surface area contributed by atoms with E-state index < -0.39 is 18.1 Å². The first-order valence-corrected chi connectivity index (χ1v) is 10.7. The molecule has 2 aromatic carbocycles. The molecule has 0 aliphatic heterocycles. The molecule has 162 valence electrons. The minimum atomic E-state index is -0.771. The second-order valence-electron chi connectivity index (χ2n) is 6.34. The van der Waals surface area contributed by atoms with E-state index in [0.29, 0.717) is 45.0 Å². The highest BCUT2D eigenvalue weighted by Gasteiger charge is 2.22. The Kier molecular flexibility index (Phi) is 9.52. The van der Waals surface area contributed by atoms with E-state index in [1.54, 1.807) is 42.5 Å². The molecule has 1 atom stereocenters. The predicted octanol–water partition coefficient (Wildman–Crippen LogP) is 5.31. The number of hydroxylamine groups is 1. The number of anilines is 1. The van der Waals surface area contributed by atoms with Gasteiger partial charge in [-0.2, -0.15) is 5.26 Å². The van der Waals surface area contributed by atoms with E-state index in [-0.39, 0.29) is 5.75 Å². The number of carbonyl (C=O) groups is 2. The molecule has 0 fully saturated rings. The third kappa shape index (κ3) is 7.71. The first-order chi connectivity index (χ1) is 14.8. The zero-order valence-corrected chi connectivity index (χ0v) is 19.3. The summed E-state index contributed by atoms with van der Waals surface area (Å²) >= 11 is 6.64. The Labute approximate surface area is 195 Å². The molecular weight excluding hydrogens is 534 g/mol. The van der Waals surface area contributed by atoms with Gasteiger partial charge in [-0.05, 0) is 71.6 Å². The fourth-order valence-electron chi connectivity index (χ4n) is 2.66. The second-order valence-corrected chi connectivity index (χ2v) is 8.11. The minimum absolute atomic E-state index is 0.0467. The molecular formula is C21H19Br2N3O5. The largest absolute Gasteiger partial charge is 0.506 e. The zero-order valence-electron chi connectivity index (χ0n) is 16.1. The summed E-state index contributed by atoms with van der Waals surface area (Å²) in [6, 6.07) is 11.6. The maximum absolute atomic E-state index is 12.5. The number of aromatic hydroxyl groups is 1. The lowest BCUT2D eigenvalue weighted by molar-refractivity contribution is -0.124. The van der Waals surface area contributed by atoms with Gasteiger partial charge in [-0.3, -0.25) is 15.3 Å². The Morgan fingerprint density at radius 2 is 1.94 bits per heavy atom. The lowest BCUT2D eigenvalue weighted by Crippen LogP contribution is -2.18. The molecule has 0 spiro atoms. The second kappa shape index (κ2) is 12.1. The quantitative estimate of drug-likeness (QED) is 0.152. The van der Waals surface area contributed by atoms with Crippen LogP contribution in [0.25, 0.3) is 0 Å². The summed E-state index contributed by atoms with van der Waals surface area (Å²) in [5.74, 6) is -0.683. The smallest absolute Gasteiger partial charge is 0.412 e. The summed E-state index contributed by atoms with van der Waals surface area (Å²) in [4.78, 5) is 23.5. The van der Waals surface area contributed by atoms with Crippen LogP contribution < -0.4 is 10.8 Å². The van der Waals surface area contributed by atoms with Gasteiger partial charge in [0, 0.05) is 21.8 Å². The van der Waals surface area contributed by atoms with Crippen molar-refractivity contribution < 1.29 is 24.6 Å². The number of allylic oxidation sites excluding steroid dienone is 1. The third-order valence-electron chi connectivity index (χ3n) is 4.13. The van der Waals surface area contributed by atoms with Gasteiger partial charge in [0.1, 0.15) is 11.9 Å². The van der Waals surface area contributed by atoms with Gasteiger partial charge in [0.25, 0.3) is 5.91 Å². The van der Waals surface area contributed by atoms with E-state index >= 15 is 0 Å². The van der Waals surface area contributed by atoms with Gasteiger partial charge in [0.05, 0.1) is 16.1 Å². The highest BCUT2D eigenvalue weighted by molar-refractivity contribution is 9.11. The summed E-state index contributed by atoms with van der Waals surface area (Å²) in [5, 5.41) is 30.4. The Bertz CT molecular complexity index is 1000. The van der Waals surface area contributed by atoms with Crippen LogP contribution in [-0.2, 0) is 9.53 Å². The van der Waals surface area contributed by atoms with Crippen LogP contribution in [0.1, 0.15) is 36.5 Å². The van der Waals surface area contributed by atoms with E-state index in [4.69, 9.17) is 15.2 Å². The van der Waals surface area contributed by atoms with Crippen molar-refractivity contribution in [3.05, 3.63) is 68.6 Å². The lowest BCUT2D eigenvalue weighted by Gasteiger charge is -2.20. The van der Waals surface area contributed by atoms with Crippen molar-refractivity contribution in [1.29, 1.82) is 5.26 Å². The highest BCUT2D eigenvalue weighted by atomic mass is 79.9. The number of rotatable bonds is 8. The van der Waals surface area contributed by atoms with E-state index in [9.17, 15) is 14.7 Å².